The Morgan fingerprint density at radius 1 is 0.815 bits per heavy atom. The number of hydrogen-bond donors (Lipinski definition) is 3. The van der Waals surface area contributed by atoms with E-state index in [9.17, 15) is 9.59 Å². The smallest absolute Gasteiger partial charge is 0.274 e. The molecule has 0 radical (unpaired) electrons. The van der Waals surface area contributed by atoms with Crippen molar-refractivity contribution in [1.82, 2.24) is 4.98 Å². The van der Waals surface area contributed by atoms with Gasteiger partial charge < -0.3 is 16.0 Å². The van der Waals surface area contributed by atoms with Crippen molar-refractivity contribution in [2.24, 2.45) is 0 Å². The average Bonchev–Trinajstić information content (AvgIpc) is 2.63. The number of nitrogens with zero attached hydrogens (tertiary/aromatic N) is 1. The van der Waals surface area contributed by atoms with Gasteiger partial charge in [0.05, 0.1) is 11.9 Å². The van der Waals surface area contributed by atoms with Crippen LogP contribution in [0.2, 0.25) is 0 Å². The molecule has 6 nitrogen and oxygen atoms in total. The first-order valence-corrected chi connectivity index (χ1v) is 8.48. The van der Waals surface area contributed by atoms with E-state index in [1.807, 2.05) is 43.3 Å². The van der Waals surface area contributed by atoms with Gasteiger partial charge in [0, 0.05) is 24.0 Å². The van der Waals surface area contributed by atoms with Crippen LogP contribution < -0.4 is 16.0 Å². The van der Waals surface area contributed by atoms with E-state index in [2.05, 4.69) is 20.9 Å². The summed E-state index contributed by atoms with van der Waals surface area (Å²) in [5.41, 5.74) is 4.49. The van der Waals surface area contributed by atoms with Crippen molar-refractivity contribution >= 4 is 34.6 Å². The van der Waals surface area contributed by atoms with Gasteiger partial charge in [-0.15, -0.1) is 0 Å². The molecule has 1 heterocycles. The molecule has 0 unspecified atom stereocenters. The van der Waals surface area contributed by atoms with Gasteiger partial charge in [0.1, 0.15) is 5.69 Å². The van der Waals surface area contributed by atoms with Crippen LogP contribution in [0.3, 0.4) is 0 Å². The maximum atomic E-state index is 12.3. The predicted octanol–water partition coefficient (Wildman–Crippen LogP) is 4.34. The number of anilines is 4. The number of carbonyl (C=O) groups is 2. The summed E-state index contributed by atoms with van der Waals surface area (Å²) in [6, 6.07) is 18.4. The van der Waals surface area contributed by atoms with Gasteiger partial charge >= 0.3 is 0 Å². The number of aromatic nitrogens is 1. The monoisotopic (exact) mass is 360 g/mol. The Morgan fingerprint density at radius 3 is 2.15 bits per heavy atom. The van der Waals surface area contributed by atoms with Crippen LogP contribution in [0.15, 0.2) is 66.9 Å². The first-order valence-electron chi connectivity index (χ1n) is 8.48. The molecule has 0 fully saturated rings. The molecule has 27 heavy (non-hydrogen) atoms. The fourth-order valence-electron chi connectivity index (χ4n) is 2.53. The second-order valence-electron chi connectivity index (χ2n) is 6.14. The van der Waals surface area contributed by atoms with Crippen molar-refractivity contribution in [2.75, 3.05) is 16.0 Å². The molecule has 0 spiro atoms. The standard InChI is InChI=1S/C21H20N4O2/c1-14-4-3-5-18(12-14)25-21(27)20-11-10-19(13-22-20)24-17-8-6-16(7-9-17)23-15(2)26/h3-13,24H,1-2H3,(H,23,26)(H,25,27). The summed E-state index contributed by atoms with van der Waals surface area (Å²) in [6.45, 7) is 3.44. The van der Waals surface area contributed by atoms with E-state index in [0.29, 0.717) is 5.69 Å². The molecule has 0 aliphatic rings. The van der Waals surface area contributed by atoms with Crippen LogP contribution in [-0.4, -0.2) is 16.8 Å². The third-order valence-corrected chi connectivity index (χ3v) is 3.77. The summed E-state index contributed by atoms with van der Waals surface area (Å²) in [5, 5.41) is 8.75. The second kappa shape index (κ2) is 8.14. The van der Waals surface area contributed by atoms with E-state index >= 15 is 0 Å². The summed E-state index contributed by atoms with van der Waals surface area (Å²) in [4.78, 5) is 27.6. The zero-order chi connectivity index (χ0) is 19.2. The molecule has 0 aliphatic carbocycles. The Morgan fingerprint density at radius 2 is 1.52 bits per heavy atom. The molecular weight excluding hydrogens is 340 g/mol. The molecule has 0 atom stereocenters. The lowest BCUT2D eigenvalue weighted by Crippen LogP contribution is -2.13. The Bertz CT molecular complexity index is 951. The number of carbonyl (C=O) groups excluding carboxylic acids is 2. The van der Waals surface area contributed by atoms with Crippen LogP contribution in [0.5, 0.6) is 0 Å². The number of nitrogens with one attached hydrogen (secondary N) is 3. The largest absolute Gasteiger partial charge is 0.354 e. The number of rotatable bonds is 5. The normalized spacial score (nSPS) is 10.1. The number of aryl methyl sites for hydroxylation is 1. The topological polar surface area (TPSA) is 83.1 Å². The molecule has 3 rings (SSSR count). The fourth-order valence-corrected chi connectivity index (χ4v) is 2.53. The van der Waals surface area contributed by atoms with Crippen molar-refractivity contribution in [3.8, 4) is 0 Å². The van der Waals surface area contributed by atoms with Gasteiger partial charge in [0.25, 0.3) is 5.91 Å². The third-order valence-electron chi connectivity index (χ3n) is 3.77. The molecule has 136 valence electrons. The van der Waals surface area contributed by atoms with Crippen molar-refractivity contribution in [1.29, 1.82) is 0 Å². The highest BCUT2D eigenvalue weighted by atomic mass is 16.2. The third kappa shape index (κ3) is 5.15. The molecule has 0 saturated heterocycles. The molecule has 2 amide bonds. The van der Waals surface area contributed by atoms with Crippen molar-refractivity contribution in [2.45, 2.75) is 13.8 Å². The number of amides is 2. The first kappa shape index (κ1) is 18.1. The molecule has 0 saturated carbocycles. The van der Waals surface area contributed by atoms with Crippen LogP contribution in [0.25, 0.3) is 0 Å². The first-order chi connectivity index (χ1) is 13.0. The molecule has 0 aliphatic heterocycles. The van der Waals surface area contributed by atoms with Crippen LogP contribution in [-0.2, 0) is 4.79 Å². The Labute approximate surface area is 157 Å². The van der Waals surface area contributed by atoms with Gasteiger partial charge in [-0.3, -0.25) is 9.59 Å². The van der Waals surface area contributed by atoms with Gasteiger partial charge in [-0.25, -0.2) is 4.98 Å². The van der Waals surface area contributed by atoms with Crippen LogP contribution in [0.1, 0.15) is 23.0 Å². The summed E-state index contributed by atoms with van der Waals surface area (Å²) in [7, 11) is 0. The zero-order valence-corrected chi connectivity index (χ0v) is 15.1. The van der Waals surface area contributed by atoms with Crippen LogP contribution in [0, 0.1) is 6.92 Å². The molecule has 3 N–H and O–H groups in total. The molecule has 0 bridgehead atoms. The quantitative estimate of drug-likeness (QED) is 0.632. The van der Waals surface area contributed by atoms with Crippen LogP contribution >= 0.6 is 0 Å². The summed E-state index contributed by atoms with van der Waals surface area (Å²) in [5.74, 6) is -0.369. The molecule has 3 aromatic rings. The predicted molar refractivity (Wildman–Crippen MR) is 107 cm³/mol. The van der Waals surface area contributed by atoms with E-state index in [-0.39, 0.29) is 11.8 Å². The van der Waals surface area contributed by atoms with E-state index in [0.717, 1.165) is 28.3 Å². The Kier molecular flexibility index (Phi) is 5.47. The molecule has 2 aromatic carbocycles. The van der Waals surface area contributed by atoms with Gasteiger partial charge in [-0.1, -0.05) is 12.1 Å². The highest BCUT2D eigenvalue weighted by Gasteiger charge is 2.08. The van der Waals surface area contributed by atoms with Crippen molar-refractivity contribution in [3.05, 3.63) is 78.1 Å². The summed E-state index contributed by atoms with van der Waals surface area (Å²) < 4.78 is 0. The maximum Gasteiger partial charge on any atom is 0.274 e. The van der Waals surface area contributed by atoms with Gasteiger partial charge in [-0.05, 0) is 61.0 Å². The SMILES string of the molecule is CC(=O)Nc1ccc(Nc2ccc(C(=O)Nc3cccc(C)c3)nc2)cc1. The second-order valence-corrected chi connectivity index (χ2v) is 6.14. The van der Waals surface area contributed by atoms with E-state index < -0.39 is 0 Å². The maximum absolute atomic E-state index is 12.3. The lowest BCUT2D eigenvalue weighted by atomic mass is 10.2. The van der Waals surface area contributed by atoms with Crippen LogP contribution in [0.4, 0.5) is 22.7 Å². The minimum absolute atomic E-state index is 0.112. The highest BCUT2D eigenvalue weighted by Crippen LogP contribution is 2.19. The fraction of sp³-hybridized carbons (Fsp3) is 0.0952. The Balaban J connectivity index is 1.62. The lowest BCUT2D eigenvalue weighted by Gasteiger charge is -2.09. The van der Waals surface area contributed by atoms with Gasteiger partial charge in [0.15, 0.2) is 0 Å². The number of pyridine rings is 1. The summed E-state index contributed by atoms with van der Waals surface area (Å²) in [6.07, 6.45) is 1.60. The van der Waals surface area contributed by atoms with E-state index in [1.54, 1.807) is 30.5 Å². The zero-order valence-electron chi connectivity index (χ0n) is 15.1. The van der Waals surface area contributed by atoms with Gasteiger partial charge in [0.2, 0.25) is 5.91 Å². The van der Waals surface area contributed by atoms with E-state index in [1.165, 1.54) is 6.92 Å². The molecule has 1 aromatic heterocycles. The number of benzene rings is 2. The van der Waals surface area contributed by atoms with Gasteiger partial charge in [-0.2, -0.15) is 0 Å². The van der Waals surface area contributed by atoms with Crippen molar-refractivity contribution in [3.63, 3.8) is 0 Å². The summed E-state index contributed by atoms with van der Waals surface area (Å²) >= 11 is 0. The average molecular weight is 360 g/mol. The lowest BCUT2D eigenvalue weighted by molar-refractivity contribution is -0.114. The number of hydrogen-bond acceptors (Lipinski definition) is 4. The minimum Gasteiger partial charge on any atom is -0.354 e. The Hall–Kier alpha value is -3.67. The molecular formula is C21H20N4O2. The molecule has 6 heteroatoms. The van der Waals surface area contributed by atoms with Crippen molar-refractivity contribution < 1.29 is 9.59 Å². The highest BCUT2D eigenvalue weighted by molar-refractivity contribution is 6.03. The minimum atomic E-state index is -0.258. The van der Waals surface area contributed by atoms with E-state index in [4.69, 9.17) is 0 Å².